The molecular formula is C13H16N2. The van der Waals surface area contributed by atoms with Gasteiger partial charge in [0.25, 0.3) is 0 Å². The van der Waals surface area contributed by atoms with E-state index in [0.29, 0.717) is 0 Å². The number of aryl methyl sites for hydroxylation is 2. The zero-order valence-corrected chi connectivity index (χ0v) is 9.68. The summed E-state index contributed by atoms with van der Waals surface area (Å²) < 4.78 is 0. The first-order valence-corrected chi connectivity index (χ1v) is 5.18. The molecule has 0 saturated carbocycles. The van der Waals surface area contributed by atoms with E-state index in [-0.39, 0.29) is 0 Å². The lowest BCUT2D eigenvalue weighted by Gasteiger charge is -1.98. The van der Waals surface area contributed by atoms with Gasteiger partial charge in [-0.25, -0.2) is 0 Å². The van der Waals surface area contributed by atoms with Crippen LogP contribution in [0.5, 0.6) is 0 Å². The van der Waals surface area contributed by atoms with Gasteiger partial charge in [-0.1, -0.05) is 0 Å². The minimum absolute atomic E-state index is 1.07. The molecule has 0 atom stereocenters. The lowest BCUT2D eigenvalue weighted by Crippen LogP contribution is -1.82. The van der Waals surface area contributed by atoms with Crippen LogP contribution in [-0.4, -0.2) is 11.2 Å². The summed E-state index contributed by atoms with van der Waals surface area (Å²) in [5.41, 5.74) is 7.21. The largest absolute Gasteiger partial charge is 0.359 e. The number of nitrogens with zero attached hydrogens (tertiary/aromatic N) is 1. The van der Waals surface area contributed by atoms with Crippen molar-refractivity contribution in [3.8, 4) is 0 Å². The predicted molar refractivity (Wildman–Crippen MR) is 65.1 cm³/mol. The third kappa shape index (κ3) is 1.80. The highest BCUT2D eigenvalue weighted by Crippen LogP contribution is 2.24. The maximum Gasteiger partial charge on any atom is 0.0682 e. The van der Waals surface area contributed by atoms with Crippen LogP contribution in [0.1, 0.15) is 30.8 Å². The van der Waals surface area contributed by atoms with Gasteiger partial charge >= 0.3 is 0 Å². The molecule has 0 saturated heterocycles. The van der Waals surface area contributed by atoms with E-state index in [4.69, 9.17) is 0 Å². The van der Waals surface area contributed by atoms with Gasteiger partial charge in [-0.15, -0.1) is 0 Å². The maximum absolute atomic E-state index is 4.39. The summed E-state index contributed by atoms with van der Waals surface area (Å²) in [6.45, 7) is 8.38. The third-order valence-corrected chi connectivity index (χ3v) is 2.84. The molecule has 2 rings (SSSR count). The molecule has 0 fully saturated rings. The van der Waals surface area contributed by atoms with Crippen molar-refractivity contribution < 1.29 is 0 Å². The number of allylic oxidation sites excluding steroid dienone is 2. The standard InChI is InChI=1S/C13H16N2/c1-8-5-10(3)15-12(8)6-13-11(4)9(2)7-14-13/h5-7,15H,1-4H3/b13-6-. The summed E-state index contributed by atoms with van der Waals surface area (Å²) >= 11 is 0. The fourth-order valence-corrected chi connectivity index (χ4v) is 1.74. The van der Waals surface area contributed by atoms with Gasteiger partial charge in [0.15, 0.2) is 0 Å². The SMILES string of the molecule is CC1=C(C)/C(=C/c2[nH]c(C)cc2C)N=C1. The first kappa shape index (κ1) is 9.97. The van der Waals surface area contributed by atoms with Crippen LogP contribution in [0.3, 0.4) is 0 Å². The van der Waals surface area contributed by atoms with Crippen LogP contribution in [0.4, 0.5) is 0 Å². The number of hydrogen-bond donors (Lipinski definition) is 1. The Hall–Kier alpha value is -1.57. The van der Waals surface area contributed by atoms with Crippen LogP contribution in [-0.2, 0) is 0 Å². The van der Waals surface area contributed by atoms with Gasteiger partial charge in [0, 0.05) is 17.6 Å². The van der Waals surface area contributed by atoms with E-state index >= 15 is 0 Å². The monoisotopic (exact) mass is 200 g/mol. The quantitative estimate of drug-likeness (QED) is 0.719. The fraction of sp³-hybridized carbons (Fsp3) is 0.308. The van der Waals surface area contributed by atoms with Gasteiger partial charge in [0.1, 0.15) is 0 Å². The van der Waals surface area contributed by atoms with Crippen LogP contribution >= 0.6 is 0 Å². The normalized spacial score (nSPS) is 18.3. The molecule has 1 aliphatic heterocycles. The van der Waals surface area contributed by atoms with Gasteiger partial charge in [-0.05, 0) is 56.5 Å². The van der Waals surface area contributed by atoms with Crippen molar-refractivity contribution in [1.29, 1.82) is 0 Å². The van der Waals surface area contributed by atoms with Crippen LogP contribution in [0.2, 0.25) is 0 Å². The molecule has 15 heavy (non-hydrogen) atoms. The van der Waals surface area contributed by atoms with E-state index < -0.39 is 0 Å². The number of hydrogen-bond acceptors (Lipinski definition) is 1. The van der Waals surface area contributed by atoms with Gasteiger partial charge in [-0.2, -0.15) is 0 Å². The molecule has 0 aromatic carbocycles. The molecule has 0 bridgehead atoms. The summed E-state index contributed by atoms with van der Waals surface area (Å²) in [7, 11) is 0. The molecule has 1 aromatic heterocycles. The molecule has 2 heterocycles. The second kappa shape index (κ2) is 3.54. The highest BCUT2D eigenvalue weighted by molar-refractivity contribution is 5.87. The van der Waals surface area contributed by atoms with Gasteiger partial charge in [0.2, 0.25) is 0 Å². The minimum Gasteiger partial charge on any atom is -0.359 e. The Morgan fingerprint density at radius 2 is 1.93 bits per heavy atom. The second-order valence-electron chi connectivity index (χ2n) is 4.14. The van der Waals surface area contributed by atoms with Gasteiger partial charge in [-0.3, -0.25) is 4.99 Å². The Balaban J connectivity index is 2.41. The van der Waals surface area contributed by atoms with Crippen LogP contribution in [0.15, 0.2) is 27.9 Å². The number of rotatable bonds is 1. The van der Waals surface area contributed by atoms with E-state index in [1.54, 1.807) is 0 Å². The molecule has 1 aliphatic rings. The lowest BCUT2D eigenvalue weighted by molar-refractivity contribution is 1.23. The molecule has 0 unspecified atom stereocenters. The van der Waals surface area contributed by atoms with Gasteiger partial charge in [0.05, 0.1) is 5.70 Å². The molecule has 2 heteroatoms. The molecule has 0 aliphatic carbocycles. The predicted octanol–water partition coefficient (Wildman–Crippen LogP) is 3.39. The van der Waals surface area contributed by atoms with Crippen molar-refractivity contribution in [3.63, 3.8) is 0 Å². The van der Waals surface area contributed by atoms with Crippen molar-refractivity contribution in [3.05, 3.63) is 39.9 Å². The van der Waals surface area contributed by atoms with E-state index in [1.165, 1.54) is 22.4 Å². The number of aliphatic imine (C=N–C) groups is 1. The molecule has 0 radical (unpaired) electrons. The van der Waals surface area contributed by atoms with Crippen LogP contribution in [0, 0.1) is 13.8 Å². The van der Waals surface area contributed by atoms with Crippen LogP contribution in [0.25, 0.3) is 6.08 Å². The summed E-state index contributed by atoms with van der Waals surface area (Å²) in [5, 5.41) is 0. The zero-order chi connectivity index (χ0) is 11.0. The first-order chi connectivity index (χ1) is 7.08. The molecule has 0 amide bonds. The summed E-state index contributed by atoms with van der Waals surface area (Å²) in [6, 6.07) is 2.15. The molecular weight excluding hydrogens is 184 g/mol. The number of aromatic nitrogens is 1. The fourth-order valence-electron chi connectivity index (χ4n) is 1.74. The summed E-state index contributed by atoms with van der Waals surface area (Å²) in [5.74, 6) is 0. The van der Waals surface area contributed by atoms with Crippen molar-refractivity contribution >= 4 is 12.3 Å². The Morgan fingerprint density at radius 1 is 1.20 bits per heavy atom. The molecule has 78 valence electrons. The van der Waals surface area contributed by atoms with Gasteiger partial charge < -0.3 is 4.98 Å². The smallest absolute Gasteiger partial charge is 0.0682 e. The lowest BCUT2D eigenvalue weighted by atomic mass is 10.1. The average molecular weight is 200 g/mol. The molecule has 1 aromatic rings. The number of aromatic amines is 1. The Bertz CT molecular complexity index is 485. The number of H-pyrrole nitrogens is 1. The second-order valence-corrected chi connectivity index (χ2v) is 4.14. The minimum atomic E-state index is 1.07. The highest BCUT2D eigenvalue weighted by Gasteiger charge is 2.09. The Kier molecular flexibility index (Phi) is 2.35. The third-order valence-electron chi connectivity index (χ3n) is 2.84. The molecule has 2 nitrogen and oxygen atoms in total. The molecule has 1 N–H and O–H groups in total. The summed E-state index contributed by atoms with van der Waals surface area (Å²) in [6.07, 6.45) is 4.04. The number of nitrogens with one attached hydrogen (secondary N) is 1. The van der Waals surface area contributed by atoms with Crippen molar-refractivity contribution in [2.45, 2.75) is 27.7 Å². The Labute approximate surface area is 90.4 Å². The first-order valence-electron chi connectivity index (χ1n) is 5.18. The van der Waals surface area contributed by atoms with Crippen molar-refractivity contribution in [1.82, 2.24) is 4.98 Å². The van der Waals surface area contributed by atoms with E-state index in [0.717, 1.165) is 11.4 Å². The Morgan fingerprint density at radius 3 is 2.40 bits per heavy atom. The van der Waals surface area contributed by atoms with E-state index in [2.05, 4.69) is 49.8 Å². The van der Waals surface area contributed by atoms with Crippen molar-refractivity contribution in [2.75, 3.05) is 0 Å². The average Bonchev–Trinajstić information content (AvgIpc) is 2.64. The zero-order valence-electron chi connectivity index (χ0n) is 9.68. The van der Waals surface area contributed by atoms with E-state index in [9.17, 15) is 0 Å². The molecule has 0 spiro atoms. The maximum atomic E-state index is 4.39. The van der Waals surface area contributed by atoms with Crippen LogP contribution < -0.4 is 0 Å². The van der Waals surface area contributed by atoms with E-state index in [1.807, 2.05) is 6.21 Å². The highest BCUT2D eigenvalue weighted by atomic mass is 14.8. The topological polar surface area (TPSA) is 28.1 Å². The summed E-state index contributed by atoms with van der Waals surface area (Å²) in [4.78, 5) is 7.72. The van der Waals surface area contributed by atoms with Crippen molar-refractivity contribution in [2.24, 2.45) is 4.99 Å².